The highest BCUT2D eigenvalue weighted by Gasteiger charge is 2.32. The normalized spacial score (nSPS) is 9.90. The third-order valence-corrected chi connectivity index (χ3v) is 8.80. The topological polar surface area (TPSA) is 53.3 Å². The molecule has 0 N–H and O–H groups in total. The van der Waals surface area contributed by atoms with Crippen molar-refractivity contribution in [1.82, 2.24) is 0 Å². The minimum absolute atomic E-state index is 0.496. The Balaban J connectivity index is 0. The Morgan fingerprint density at radius 3 is 1.29 bits per heavy atom. The van der Waals surface area contributed by atoms with Gasteiger partial charge in [-0.05, 0) is 37.8 Å². The molecule has 1 heterocycles. The van der Waals surface area contributed by atoms with Crippen LogP contribution in [0.2, 0.25) is 0 Å². The molecule has 0 atom stereocenters. The summed E-state index contributed by atoms with van der Waals surface area (Å²) in [6, 6.07) is 3.67. The Morgan fingerprint density at radius 2 is 1.14 bits per heavy atom. The second-order valence-electron chi connectivity index (χ2n) is 5.13. The van der Waals surface area contributed by atoms with Crippen molar-refractivity contribution in [2.75, 3.05) is 24.6 Å². The predicted molar refractivity (Wildman–Crippen MR) is 92.3 cm³/mol. The van der Waals surface area contributed by atoms with Crippen LogP contribution in [0, 0.1) is 0 Å². The van der Waals surface area contributed by atoms with Gasteiger partial charge in [-0.3, -0.25) is 0 Å². The van der Waals surface area contributed by atoms with Crippen molar-refractivity contribution in [1.29, 1.82) is 0 Å². The summed E-state index contributed by atoms with van der Waals surface area (Å²) in [4.78, 5) is 8.25. The van der Waals surface area contributed by atoms with Gasteiger partial charge in [0.2, 0.25) is 0 Å². The van der Waals surface area contributed by atoms with Gasteiger partial charge in [0.05, 0.1) is 37.2 Å². The van der Waals surface area contributed by atoms with E-state index < -0.39 is 13.7 Å². The summed E-state index contributed by atoms with van der Waals surface area (Å²) in [5, 5.41) is 8.25. The molecule has 0 amide bonds. The van der Waals surface area contributed by atoms with Gasteiger partial charge in [0.1, 0.15) is 0 Å². The van der Waals surface area contributed by atoms with E-state index in [1.54, 1.807) is 37.2 Å². The third-order valence-electron chi connectivity index (χ3n) is 3.22. The lowest BCUT2D eigenvalue weighted by Gasteiger charge is -2.26. The molecule has 1 aromatic rings. The largest absolute Gasteiger partial charge is 0.554 e. The summed E-state index contributed by atoms with van der Waals surface area (Å²) in [5.74, 6) is 0. The molecule has 0 saturated carbocycles. The molecular formula is C17H33O3P. The molecule has 3 nitrogen and oxygen atoms in total. The summed E-state index contributed by atoms with van der Waals surface area (Å²) in [7, 11) is -0.496. The molecule has 0 saturated heterocycles. The van der Waals surface area contributed by atoms with Gasteiger partial charge in [-0.15, -0.1) is 0 Å². The summed E-state index contributed by atoms with van der Waals surface area (Å²) in [6.45, 7) is 8.93. The number of carbonyl (C=O) groups excluding carboxylic acids is 1. The van der Waals surface area contributed by atoms with Crippen LogP contribution in [-0.2, 0) is 4.79 Å². The Labute approximate surface area is 131 Å². The van der Waals surface area contributed by atoms with Gasteiger partial charge in [0, 0.05) is 13.7 Å². The quantitative estimate of drug-likeness (QED) is 0.531. The van der Waals surface area contributed by atoms with E-state index in [2.05, 4.69) is 32.1 Å². The van der Waals surface area contributed by atoms with E-state index in [0.29, 0.717) is 0 Å². The number of hydrogen-bond donors (Lipinski definition) is 0. The molecule has 0 radical (unpaired) electrons. The molecule has 1 rings (SSSR count). The number of rotatable bonds is 8. The Morgan fingerprint density at radius 1 is 0.857 bits per heavy atom. The molecular weight excluding hydrogens is 283 g/mol. The van der Waals surface area contributed by atoms with Crippen molar-refractivity contribution < 1.29 is 14.3 Å². The molecule has 0 aliphatic heterocycles. The fourth-order valence-corrected chi connectivity index (χ4v) is 7.93. The van der Waals surface area contributed by atoms with Gasteiger partial charge in [0.15, 0.2) is 0 Å². The molecule has 0 aliphatic rings. The predicted octanol–water partition coefficient (Wildman–Crippen LogP) is 4.29. The van der Waals surface area contributed by atoms with Crippen molar-refractivity contribution in [3.63, 3.8) is 0 Å². The Kier molecular flexibility index (Phi) is 18.4. The Hall–Kier alpha value is -0.820. The van der Waals surface area contributed by atoms with Gasteiger partial charge < -0.3 is 14.3 Å². The lowest BCUT2D eigenvalue weighted by atomic mass is 10.5. The first-order valence-corrected chi connectivity index (χ1v) is 10.6. The van der Waals surface area contributed by atoms with E-state index in [1.165, 1.54) is 25.7 Å². The van der Waals surface area contributed by atoms with E-state index in [0.717, 1.165) is 0 Å². The standard InChI is InChI=1S/C12H28P.C4H4O.CH2O2/c1-5-9-13(10-6-2,11-7-3)12-8-4;1-2-4-5-3-1;2-1-3/h5-12H2,1-4H3;1-4H;1H,(H,2,3)/q+1;;/p-1. The van der Waals surface area contributed by atoms with Crippen LogP contribution in [0.15, 0.2) is 29.1 Å². The first kappa shape index (κ1) is 22.5. The Bertz CT molecular complexity index is 240. The number of hydrogen-bond acceptors (Lipinski definition) is 3. The number of carbonyl (C=O) groups is 1. The molecule has 1 aromatic heterocycles. The lowest BCUT2D eigenvalue weighted by Crippen LogP contribution is -2.10. The highest BCUT2D eigenvalue weighted by Crippen LogP contribution is 2.60. The van der Waals surface area contributed by atoms with Crippen molar-refractivity contribution in [3.05, 3.63) is 24.7 Å². The molecule has 21 heavy (non-hydrogen) atoms. The maximum absolute atomic E-state index is 8.25. The number of furan rings is 1. The smallest absolute Gasteiger partial charge is 0.0902 e. The van der Waals surface area contributed by atoms with Crippen LogP contribution in [0.3, 0.4) is 0 Å². The summed E-state index contributed by atoms with van der Waals surface area (Å²) in [6.07, 6.45) is 15.1. The number of carboxylic acid groups (broad SMARTS) is 1. The summed E-state index contributed by atoms with van der Waals surface area (Å²) >= 11 is 0. The molecule has 0 bridgehead atoms. The molecule has 0 aliphatic carbocycles. The first-order chi connectivity index (χ1) is 10.2. The minimum atomic E-state index is -0.500. The maximum atomic E-state index is 8.25. The fourth-order valence-electron chi connectivity index (χ4n) is 2.79. The second kappa shape index (κ2) is 17.2. The summed E-state index contributed by atoms with van der Waals surface area (Å²) in [5.41, 5.74) is 0. The lowest BCUT2D eigenvalue weighted by molar-refractivity contribution is -0.283. The summed E-state index contributed by atoms with van der Waals surface area (Å²) < 4.78 is 4.58. The van der Waals surface area contributed by atoms with Crippen LogP contribution in [0.25, 0.3) is 0 Å². The molecule has 0 aromatic carbocycles. The van der Waals surface area contributed by atoms with Crippen LogP contribution in [-0.4, -0.2) is 31.1 Å². The van der Waals surface area contributed by atoms with E-state index in [9.17, 15) is 0 Å². The fraction of sp³-hybridized carbons (Fsp3) is 0.706. The van der Waals surface area contributed by atoms with Crippen LogP contribution in [0.1, 0.15) is 53.4 Å². The van der Waals surface area contributed by atoms with Crippen molar-refractivity contribution in [2.45, 2.75) is 53.4 Å². The van der Waals surface area contributed by atoms with Crippen molar-refractivity contribution in [3.8, 4) is 0 Å². The minimum Gasteiger partial charge on any atom is -0.554 e. The molecule has 124 valence electrons. The highest BCUT2D eigenvalue weighted by atomic mass is 31.2. The van der Waals surface area contributed by atoms with Crippen LogP contribution in [0.5, 0.6) is 0 Å². The van der Waals surface area contributed by atoms with Crippen LogP contribution < -0.4 is 5.11 Å². The van der Waals surface area contributed by atoms with Gasteiger partial charge in [-0.2, -0.15) is 0 Å². The van der Waals surface area contributed by atoms with E-state index >= 15 is 0 Å². The van der Waals surface area contributed by atoms with Crippen LogP contribution in [0.4, 0.5) is 0 Å². The van der Waals surface area contributed by atoms with Crippen molar-refractivity contribution in [2.24, 2.45) is 0 Å². The van der Waals surface area contributed by atoms with Gasteiger partial charge in [-0.25, -0.2) is 0 Å². The second-order valence-corrected chi connectivity index (χ2v) is 9.60. The molecule has 4 heteroatoms. The molecule has 0 fully saturated rings. The SMILES string of the molecule is CCC[P+](CCC)(CCC)CCC.O=C[O-].c1ccoc1. The van der Waals surface area contributed by atoms with Crippen LogP contribution >= 0.6 is 7.26 Å². The van der Waals surface area contributed by atoms with E-state index in [4.69, 9.17) is 9.90 Å². The van der Waals surface area contributed by atoms with Gasteiger partial charge >= 0.3 is 0 Å². The van der Waals surface area contributed by atoms with E-state index in [-0.39, 0.29) is 0 Å². The zero-order valence-electron chi connectivity index (χ0n) is 14.2. The average molecular weight is 316 g/mol. The third kappa shape index (κ3) is 13.9. The zero-order chi connectivity index (χ0) is 16.4. The van der Waals surface area contributed by atoms with E-state index in [1.807, 2.05) is 12.1 Å². The molecule has 0 unspecified atom stereocenters. The van der Waals surface area contributed by atoms with Gasteiger partial charge in [-0.1, -0.05) is 27.7 Å². The first-order valence-electron chi connectivity index (χ1n) is 8.04. The zero-order valence-corrected chi connectivity index (χ0v) is 15.1. The monoisotopic (exact) mass is 316 g/mol. The average Bonchev–Trinajstić information content (AvgIpc) is 3.00. The maximum Gasteiger partial charge on any atom is 0.0902 e. The van der Waals surface area contributed by atoms with Crippen molar-refractivity contribution >= 4 is 13.7 Å². The highest BCUT2D eigenvalue weighted by molar-refractivity contribution is 7.75. The molecule has 0 spiro atoms. The van der Waals surface area contributed by atoms with Gasteiger partial charge in [0.25, 0.3) is 0 Å².